The highest BCUT2D eigenvalue weighted by atomic mass is 35.5. The summed E-state index contributed by atoms with van der Waals surface area (Å²) in [7, 11) is -2.34. The summed E-state index contributed by atoms with van der Waals surface area (Å²) in [6, 6.07) is 11.3. The molecule has 2 aromatic carbocycles. The fourth-order valence-corrected chi connectivity index (χ4v) is 4.28. The third-order valence-corrected chi connectivity index (χ3v) is 6.09. The Morgan fingerprint density at radius 2 is 1.93 bits per heavy atom. The van der Waals surface area contributed by atoms with Crippen LogP contribution in [0.1, 0.15) is 28.8 Å². The molecule has 0 atom stereocenters. The molecule has 1 heterocycles. The van der Waals surface area contributed by atoms with Crippen LogP contribution in [0, 0.1) is 0 Å². The van der Waals surface area contributed by atoms with E-state index in [-0.39, 0.29) is 22.9 Å². The van der Waals surface area contributed by atoms with Crippen molar-refractivity contribution < 1.29 is 17.9 Å². The molecule has 27 heavy (non-hydrogen) atoms. The predicted molar refractivity (Wildman–Crippen MR) is 104 cm³/mol. The summed E-state index contributed by atoms with van der Waals surface area (Å²) >= 11 is 5.93. The molecule has 1 saturated heterocycles. The van der Waals surface area contributed by atoms with E-state index in [1.807, 2.05) is 0 Å². The Hall–Kier alpha value is -2.09. The number of benzene rings is 2. The Morgan fingerprint density at radius 3 is 2.59 bits per heavy atom. The van der Waals surface area contributed by atoms with Gasteiger partial charge in [0.1, 0.15) is 5.75 Å². The van der Waals surface area contributed by atoms with Gasteiger partial charge in [-0.3, -0.25) is 4.79 Å². The van der Waals surface area contributed by atoms with Crippen molar-refractivity contribution >= 4 is 27.5 Å². The monoisotopic (exact) mass is 408 g/mol. The van der Waals surface area contributed by atoms with E-state index >= 15 is 0 Å². The topological polar surface area (TPSA) is 75.7 Å². The van der Waals surface area contributed by atoms with E-state index in [2.05, 4.69) is 4.72 Å². The number of rotatable bonds is 6. The molecule has 3 rings (SSSR count). The summed E-state index contributed by atoms with van der Waals surface area (Å²) < 4.78 is 33.2. The summed E-state index contributed by atoms with van der Waals surface area (Å²) in [5, 5.41) is 0.537. The number of hydrogen-bond donors (Lipinski definition) is 1. The van der Waals surface area contributed by atoms with Gasteiger partial charge in [-0.15, -0.1) is 0 Å². The Kier molecular flexibility index (Phi) is 6.04. The van der Waals surface area contributed by atoms with Gasteiger partial charge in [0, 0.05) is 24.7 Å². The van der Waals surface area contributed by atoms with Crippen molar-refractivity contribution in [2.45, 2.75) is 24.3 Å². The highest BCUT2D eigenvalue weighted by Crippen LogP contribution is 2.25. The number of amides is 1. The standard InChI is InChI=1S/C19H21ClN2O4S/c1-26-18-8-7-16(12-17(18)19(23)22-9-2-3-10-22)27(24,25)21-13-14-5-4-6-15(20)11-14/h4-8,11-12,21H,2-3,9-10,13H2,1H3. The normalized spacial score (nSPS) is 14.4. The molecule has 8 heteroatoms. The van der Waals surface area contributed by atoms with E-state index in [4.69, 9.17) is 16.3 Å². The molecular weight excluding hydrogens is 388 g/mol. The Labute approximate surface area is 164 Å². The largest absolute Gasteiger partial charge is 0.496 e. The third-order valence-electron chi connectivity index (χ3n) is 4.46. The molecule has 144 valence electrons. The lowest BCUT2D eigenvalue weighted by molar-refractivity contribution is 0.0789. The SMILES string of the molecule is COc1ccc(S(=O)(=O)NCc2cccc(Cl)c2)cc1C(=O)N1CCCC1. The zero-order chi connectivity index (χ0) is 19.4. The minimum absolute atomic E-state index is 0.0212. The average Bonchev–Trinajstić information content (AvgIpc) is 3.20. The van der Waals surface area contributed by atoms with Gasteiger partial charge in [-0.25, -0.2) is 13.1 Å². The van der Waals surface area contributed by atoms with E-state index in [9.17, 15) is 13.2 Å². The van der Waals surface area contributed by atoms with Crippen molar-refractivity contribution in [3.63, 3.8) is 0 Å². The van der Waals surface area contributed by atoms with Crippen LogP contribution >= 0.6 is 11.6 Å². The predicted octanol–water partition coefficient (Wildman–Crippen LogP) is 3.06. The summed E-state index contributed by atoms with van der Waals surface area (Å²) in [6.45, 7) is 1.45. The zero-order valence-electron chi connectivity index (χ0n) is 14.9. The lowest BCUT2D eigenvalue weighted by Crippen LogP contribution is -2.29. The fourth-order valence-electron chi connectivity index (χ4n) is 3.02. The maximum atomic E-state index is 12.7. The molecule has 1 aliphatic heterocycles. The van der Waals surface area contributed by atoms with Gasteiger partial charge in [0.15, 0.2) is 0 Å². The van der Waals surface area contributed by atoms with Crippen molar-refractivity contribution in [3.8, 4) is 5.75 Å². The lowest BCUT2D eigenvalue weighted by atomic mass is 10.1. The van der Waals surface area contributed by atoms with Crippen LogP contribution in [0.3, 0.4) is 0 Å². The lowest BCUT2D eigenvalue weighted by Gasteiger charge is -2.18. The van der Waals surface area contributed by atoms with Crippen LogP contribution in [-0.4, -0.2) is 39.4 Å². The number of carbonyl (C=O) groups is 1. The van der Waals surface area contributed by atoms with Crippen molar-refractivity contribution in [3.05, 3.63) is 58.6 Å². The second kappa shape index (κ2) is 8.29. The second-order valence-corrected chi connectivity index (χ2v) is 8.52. The van der Waals surface area contributed by atoms with Crippen LogP contribution in [-0.2, 0) is 16.6 Å². The highest BCUT2D eigenvalue weighted by molar-refractivity contribution is 7.89. The van der Waals surface area contributed by atoms with Crippen LogP contribution in [0.5, 0.6) is 5.75 Å². The van der Waals surface area contributed by atoms with Crippen molar-refractivity contribution in [2.75, 3.05) is 20.2 Å². The molecule has 1 fully saturated rings. The third kappa shape index (κ3) is 4.61. The van der Waals surface area contributed by atoms with E-state index in [0.717, 1.165) is 18.4 Å². The summed E-state index contributed by atoms with van der Waals surface area (Å²) in [6.07, 6.45) is 1.90. The molecule has 0 bridgehead atoms. The first kappa shape index (κ1) is 19.7. The van der Waals surface area contributed by atoms with E-state index < -0.39 is 10.0 Å². The maximum Gasteiger partial charge on any atom is 0.257 e. The van der Waals surface area contributed by atoms with Crippen LogP contribution in [0.2, 0.25) is 5.02 Å². The first-order valence-corrected chi connectivity index (χ1v) is 10.5. The smallest absolute Gasteiger partial charge is 0.257 e. The number of halogens is 1. The molecule has 1 N–H and O–H groups in total. The maximum absolute atomic E-state index is 12.7. The molecule has 0 radical (unpaired) electrons. The summed E-state index contributed by atoms with van der Waals surface area (Å²) in [5.74, 6) is 0.150. The van der Waals surface area contributed by atoms with Gasteiger partial charge in [0.05, 0.1) is 17.6 Å². The van der Waals surface area contributed by atoms with Crippen molar-refractivity contribution in [1.29, 1.82) is 0 Å². The van der Waals surface area contributed by atoms with E-state index in [0.29, 0.717) is 23.9 Å². The van der Waals surface area contributed by atoms with Gasteiger partial charge in [0.25, 0.3) is 5.91 Å². The number of sulfonamides is 1. The molecule has 0 saturated carbocycles. The van der Waals surface area contributed by atoms with Gasteiger partial charge >= 0.3 is 0 Å². The van der Waals surface area contributed by atoms with Crippen LogP contribution < -0.4 is 9.46 Å². The number of hydrogen-bond acceptors (Lipinski definition) is 4. The number of methoxy groups -OCH3 is 1. The fraction of sp³-hybridized carbons (Fsp3) is 0.316. The van der Waals surface area contributed by atoms with Crippen LogP contribution in [0.15, 0.2) is 47.4 Å². The number of carbonyl (C=O) groups excluding carboxylic acids is 1. The molecular formula is C19H21ClN2O4S. The molecule has 2 aromatic rings. The minimum Gasteiger partial charge on any atom is -0.496 e. The zero-order valence-corrected chi connectivity index (χ0v) is 16.5. The average molecular weight is 409 g/mol. The van der Waals surface area contributed by atoms with Crippen LogP contribution in [0.25, 0.3) is 0 Å². The van der Waals surface area contributed by atoms with Gasteiger partial charge < -0.3 is 9.64 Å². The van der Waals surface area contributed by atoms with Gasteiger partial charge in [-0.05, 0) is 48.7 Å². The van der Waals surface area contributed by atoms with E-state index in [1.165, 1.54) is 25.3 Å². The molecule has 0 unspecified atom stereocenters. The molecule has 0 aromatic heterocycles. The van der Waals surface area contributed by atoms with Gasteiger partial charge in [-0.2, -0.15) is 0 Å². The molecule has 0 aliphatic carbocycles. The molecule has 1 amide bonds. The Balaban J connectivity index is 1.84. The quantitative estimate of drug-likeness (QED) is 0.797. The minimum atomic E-state index is -3.80. The molecule has 1 aliphatic rings. The van der Waals surface area contributed by atoms with Crippen molar-refractivity contribution in [2.24, 2.45) is 0 Å². The Bertz CT molecular complexity index is 940. The molecule has 6 nitrogen and oxygen atoms in total. The van der Waals surface area contributed by atoms with Gasteiger partial charge in [0.2, 0.25) is 10.0 Å². The van der Waals surface area contributed by atoms with Crippen molar-refractivity contribution in [1.82, 2.24) is 9.62 Å². The number of ether oxygens (including phenoxy) is 1. The first-order valence-electron chi connectivity index (χ1n) is 8.62. The number of nitrogens with one attached hydrogen (secondary N) is 1. The summed E-state index contributed by atoms with van der Waals surface area (Å²) in [4.78, 5) is 14.5. The summed E-state index contributed by atoms with van der Waals surface area (Å²) in [5.41, 5.74) is 0.998. The second-order valence-electron chi connectivity index (χ2n) is 6.32. The highest BCUT2D eigenvalue weighted by Gasteiger charge is 2.25. The Morgan fingerprint density at radius 1 is 1.19 bits per heavy atom. The first-order chi connectivity index (χ1) is 12.9. The number of nitrogens with zero attached hydrogens (tertiary/aromatic N) is 1. The van der Waals surface area contributed by atoms with E-state index in [1.54, 1.807) is 29.2 Å². The molecule has 0 spiro atoms. The van der Waals surface area contributed by atoms with Gasteiger partial charge in [-0.1, -0.05) is 23.7 Å². The van der Waals surface area contributed by atoms with Crippen LogP contribution in [0.4, 0.5) is 0 Å². The number of likely N-dealkylation sites (tertiary alicyclic amines) is 1.